The number of benzene rings is 1. The second kappa shape index (κ2) is 2.83. The molecule has 0 saturated heterocycles. The van der Waals surface area contributed by atoms with Crippen LogP contribution in [-0.2, 0) is 0 Å². The van der Waals surface area contributed by atoms with Crippen LogP contribution in [0.1, 0.15) is 5.56 Å². The van der Waals surface area contributed by atoms with Crippen molar-refractivity contribution in [2.24, 2.45) is 5.73 Å². The van der Waals surface area contributed by atoms with Crippen molar-refractivity contribution in [3.63, 3.8) is 0 Å². The molecule has 3 heteroatoms. The smallest absolute Gasteiger partial charge is 0.0529 e. The lowest BCUT2D eigenvalue weighted by Crippen LogP contribution is -2.14. The molecule has 0 spiro atoms. The third kappa shape index (κ3) is 1.10. The predicted octanol–water partition coefficient (Wildman–Crippen LogP) is 2.13. The lowest BCUT2D eigenvalue weighted by molar-refractivity contribution is 1.26. The molecular formula is C9H9BrN2. The normalized spacial score (nSPS) is 15.4. The molecule has 1 aromatic rings. The fraction of sp³-hybridized carbons (Fsp3) is 0.111. The Hall–Kier alpha value is -0.960. The van der Waals surface area contributed by atoms with Crippen molar-refractivity contribution in [1.29, 1.82) is 0 Å². The van der Waals surface area contributed by atoms with Crippen molar-refractivity contribution < 1.29 is 0 Å². The summed E-state index contributed by atoms with van der Waals surface area (Å²) in [6, 6.07) is 8.02. The van der Waals surface area contributed by atoms with Gasteiger partial charge in [-0.3, -0.25) is 0 Å². The summed E-state index contributed by atoms with van der Waals surface area (Å²) in [5, 5.41) is 3.26. The van der Waals surface area contributed by atoms with E-state index in [0.29, 0.717) is 0 Å². The molecular weight excluding hydrogens is 216 g/mol. The maximum absolute atomic E-state index is 5.88. The van der Waals surface area contributed by atoms with Gasteiger partial charge < -0.3 is 11.1 Å². The zero-order chi connectivity index (χ0) is 8.55. The summed E-state index contributed by atoms with van der Waals surface area (Å²) >= 11 is 3.42. The third-order valence-corrected chi connectivity index (χ3v) is 2.65. The molecule has 0 atom stereocenters. The van der Waals surface area contributed by atoms with Crippen LogP contribution in [0.25, 0.3) is 5.70 Å². The van der Waals surface area contributed by atoms with Gasteiger partial charge in [0.05, 0.1) is 5.70 Å². The van der Waals surface area contributed by atoms with Gasteiger partial charge in [0, 0.05) is 22.3 Å². The van der Waals surface area contributed by atoms with Crippen molar-refractivity contribution in [3.05, 3.63) is 34.3 Å². The Morgan fingerprint density at radius 1 is 1.33 bits per heavy atom. The standard InChI is InChI=1S/C9H9BrN2/c10-7-5-12-8-4-2-1-3-6(8)9(7)11/h1-4,12H,5,11H2. The van der Waals surface area contributed by atoms with Crippen molar-refractivity contribution in [3.8, 4) is 0 Å². The highest BCUT2D eigenvalue weighted by molar-refractivity contribution is 9.11. The first-order chi connectivity index (χ1) is 5.79. The summed E-state index contributed by atoms with van der Waals surface area (Å²) in [6.07, 6.45) is 0. The highest BCUT2D eigenvalue weighted by Gasteiger charge is 2.12. The van der Waals surface area contributed by atoms with Crippen LogP contribution >= 0.6 is 15.9 Å². The fourth-order valence-electron chi connectivity index (χ4n) is 1.29. The van der Waals surface area contributed by atoms with Gasteiger partial charge in [0.2, 0.25) is 0 Å². The van der Waals surface area contributed by atoms with E-state index >= 15 is 0 Å². The minimum absolute atomic E-state index is 0.781. The monoisotopic (exact) mass is 224 g/mol. The molecule has 2 rings (SSSR count). The lowest BCUT2D eigenvalue weighted by atomic mass is 10.1. The zero-order valence-corrected chi connectivity index (χ0v) is 8.06. The second-order valence-electron chi connectivity index (χ2n) is 2.72. The molecule has 1 heterocycles. The van der Waals surface area contributed by atoms with Crippen LogP contribution in [0, 0.1) is 0 Å². The molecule has 1 aliphatic rings. The minimum Gasteiger partial charge on any atom is -0.397 e. The van der Waals surface area contributed by atoms with Gasteiger partial charge in [0.15, 0.2) is 0 Å². The average Bonchev–Trinajstić information content (AvgIpc) is 2.12. The summed E-state index contributed by atoms with van der Waals surface area (Å²) < 4.78 is 1.03. The maximum atomic E-state index is 5.88. The molecule has 0 amide bonds. The number of hydrogen-bond acceptors (Lipinski definition) is 2. The summed E-state index contributed by atoms with van der Waals surface area (Å²) in [5.41, 5.74) is 8.91. The van der Waals surface area contributed by atoms with E-state index in [1.165, 1.54) is 0 Å². The summed E-state index contributed by atoms with van der Waals surface area (Å²) in [5.74, 6) is 0. The maximum Gasteiger partial charge on any atom is 0.0529 e. The van der Waals surface area contributed by atoms with Crippen LogP contribution in [0.15, 0.2) is 28.7 Å². The van der Waals surface area contributed by atoms with Crippen LogP contribution < -0.4 is 11.1 Å². The third-order valence-electron chi connectivity index (χ3n) is 1.94. The first-order valence-corrected chi connectivity index (χ1v) is 4.56. The summed E-state index contributed by atoms with van der Waals surface area (Å²) in [4.78, 5) is 0. The molecule has 0 unspecified atom stereocenters. The molecule has 0 radical (unpaired) electrons. The fourth-order valence-corrected chi connectivity index (χ4v) is 1.64. The molecule has 0 saturated carbocycles. The number of nitrogens with two attached hydrogens (primary N) is 1. The molecule has 62 valence electrons. The van der Waals surface area contributed by atoms with E-state index in [0.717, 1.165) is 28.0 Å². The van der Waals surface area contributed by atoms with Crippen LogP contribution in [0.3, 0.4) is 0 Å². The Morgan fingerprint density at radius 3 is 2.92 bits per heavy atom. The molecule has 0 aliphatic carbocycles. The molecule has 1 aromatic carbocycles. The van der Waals surface area contributed by atoms with Crippen LogP contribution in [-0.4, -0.2) is 6.54 Å². The lowest BCUT2D eigenvalue weighted by Gasteiger charge is -2.18. The molecule has 0 bridgehead atoms. The first kappa shape index (κ1) is 7.68. The quantitative estimate of drug-likeness (QED) is 0.709. The van der Waals surface area contributed by atoms with Crippen LogP contribution in [0.2, 0.25) is 0 Å². The minimum atomic E-state index is 0.781. The van der Waals surface area contributed by atoms with E-state index in [-0.39, 0.29) is 0 Å². The molecule has 12 heavy (non-hydrogen) atoms. The molecule has 3 N–H and O–H groups in total. The summed E-state index contributed by atoms with van der Waals surface area (Å²) in [7, 11) is 0. The van der Waals surface area contributed by atoms with Gasteiger partial charge >= 0.3 is 0 Å². The Bertz CT molecular complexity index is 344. The Morgan fingerprint density at radius 2 is 2.08 bits per heavy atom. The number of fused-ring (bicyclic) bond motifs is 1. The molecule has 0 aromatic heterocycles. The highest BCUT2D eigenvalue weighted by Crippen LogP contribution is 2.29. The summed E-state index contributed by atoms with van der Waals surface area (Å²) in [6.45, 7) is 0.781. The Labute approximate surface area is 79.6 Å². The van der Waals surface area contributed by atoms with Gasteiger partial charge in [-0.15, -0.1) is 0 Å². The van der Waals surface area contributed by atoms with Gasteiger partial charge in [0.25, 0.3) is 0 Å². The van der Waals surface area contributed by atoms with E-state index < -0.39 is 0 Å². The van der Waals surface area contributed by atoms with Crippen molar-refractivity contribution in [1.82, 2.24) is 0 Å². The molecule has 0 fully saturated rings. The SMILES string of the molecule is NC1=C(Br)CNc2ccccc21. The van der Waals surface area contributed by atoms with Crippen LogP contribution in [0.5, 0.6) is 0 Å². The highest BCUT2D eigenvalue weighted by atomic mass is 79.9. The van der Waals surface area contributed by atoms with Crippen molar-refractivity contribution in [2.45, 2.75) is 0 Å². The van der Waals surface area contributed by atoms with E-state index in [9.17, 15) is 0 Å². The van der Waals surface area contributed by atoms with Gasteiger partial charge in [-0.1, -0.05) is 34.1 Å². The van der Waals surface area contributed by atoms with E-state index in [1.807, 2.05) is 24.3 Å². The average molecular weight is 225 g/mol. The Kier molecular flexibility index (Phi) is 1.81. The van der Waals surface area contributed by atoms with E-state index in [2.05, 4.69) is 21.2 Å². The first-order valence-electron chi connectivity index (χ1n) is 3.76. The zero-order valence-electron chi connectivity index (χ0n) is 6.47. The topological polar surface area (TPSA) is 38.0 Å². The van der Waals surface area contributed by atoms with Crippen LogP contribution in [0.4, 0.5) is 5.69 Å². The second-order valence-corrected chi connectivity index (χ2v) is 3.67. The number of rotatable bonds is 0. The van der Waals surface area contributed by atoms with Gasteiger partial charge in [0.1, 0.15) is 0 Å². The number of nitrogens with one attached hydrogen (secondary N) is 1. The Balaban J connectivity index is 2.59. The molecule has 2 nitrogen and oxygen atoms in total. The number of para-hydroxylation sites is 1. The van der Waals surface area contributed by atoms with Gasteiger partial charge in [-0.25, -0.2) is 0 Å². The number of halogens is 1. The van der Waals surface area contributed by atoms with Crippen molar-refractivity contribution >= 4 is 27.3 Å². The van der Waals surface area contributed by atoms with Gasteiger partial charge in [-0.05, 0) is 6.07 Å². The number of hydrogen-bond donors (Lipinski definition) is 2. The number of anilines is 1. The van der Waals surface area contributed by atoms with Crippen molar-refractivity contribution in [2.75, 3.05) is 11.9 Å². The predicted molar refractivity (Wildman–Crippen MR) is 55.0 cm³/mol. The van der Waals surface area contributed by atoms with Gasteiger partial charge in [-0.2, -0.15) is 0 Å². The molecule has 1 aliphatic heterocycles. The van der Waals surface area contributed by atoms with E-state index in [4.69, 9.17) is 5.73 Å². The largest absolute Gasteiger partial charge is 0.397 e. The van der Waals surface area contributed by atoms with E-state index in [1.54, 1.807) is 0 Å².